The molecule has 1 amide bonds. The van der Waals surface area contributed by atoms with Gasteiger partial charge in [-0.2, -0.15) is 0 Å². The Morgan fingerprint density at radius 2 is 1.81 bits per heavy atom. The van der Waals surface area contributed by atoms with Crippen molar-refractivity contribution >= 4 is 5.91 Å². The van der Waals surface area contributed by atoms with Crippen LogP contribution in [0.4, 0.5) is 0 Å². The highest BCUT2D eigenvalue weighted by Crippen LogP contribution is 2.16. The molecule has 0 unspecified atom stereocenters. The first-order valence-corrected chi connectivity index (χ1v) is 6.34. The van der Waals surface area contributed by atoms with Crippen LogP contribution in [-0.2, 0) is 14.3 Å². The zero-order valence-corrected chi connectivity index (χ0v) is 9.74. The van der Waals surface area contributed by atoms with Crippen LogP contribution in [0.2, 0.25) is 0 Å². The van der Waals surface area contributed by atoms with Crippen molar-refractivity contribution in [3.05, 3.63) is 0 Å². The molecule has 2 fully saturated rings. The van der Waals surface area contributed by atoms with Gasteiger partial charge < -0.3 is 14.8 Å². The molecule has 0 aromatic rings. The maximum absolute atomic E-state index is 11.5. The molecule has 2 rings (SSSR count). The molecule has 0 aromatic heterocycles. The second-order valence-electron chi connectivity index (χ2n) is 4.61. The average molecular weight is 227 g/mol. The van der Waals surface area contributed by atoms with Gasteiger partial charge in [0.1, 0.15) is 0 Å². The van der Waals surface area contributed by atoms with Gasteiger partial charge in [-0.15, -0.1) is 0 Å². The third kappa shape index (κ3) is 3.76. The van der Waals surface area contributed by atoms with Crippen molar-refractivity contribution in [3.63, 3.8) is 0 Å². The number of ether oxygens (including phenoxy) is 2. The zero-order chi connectivity index (χ0) is 11.2. The summed E-state index contributed by atoms with van der Waals surface area (Å²) >= 11 is 0. The van der Waals surface area contributed by atoms with Gasteiger partial charge in [0.2, 0.25) is 5.91 Å². The topological polar surface area (TPSA) is 47.6 Å². The maximum Gasteiger partial charge on any atom is 0.220 e. The van der Waals surface area contributed by atoms with E-state index in [1.165, 1.54) is 0 Å². The smallest absolute Gasteiger partial charge is 0.220 e. The number of nitrogens with one attached hydrogen (secondary N) is 1. The number of hydrogen-bond acceptors (Lipinski definition) is 3. The number of rotatable bonds is 5. The van der Waals surface area contributed by atoms with Crippen LogP contribution in [0.15, 0.2) is 0 Å². The molecule has 2 aliphatic heterocycles. The summed E-state index contributed by atoms with van der Waals surface area (Å²) in [6, 6.07) is 0. The van der Waals surface area contributed by atoms with Crippen LogP contribution in [-0.4, -0.2) is 37.9 Å². The van der Waals surface area contributed by atoms with Crippen LogP contribution in [0, 0.1) is 0 Å². The van der Waals surface area contributed by atoms with Crippen LogP contribution in [0.3, 0.4) is 0 Å². The van der Waals surface area contributed by atoms with E-state index in [-0.39, 0.29) is 12.0 Å². The Labute approximate surface area is 96.7 Å². The molecule has 1 N–H and O–H groups in total. The molecule has 0 radical (unpaired) electrons. The van der Waals surface area contributed by atoms with E-state index in [2.05, 4.69) is 5.32 Å². The van der Waals surface area contributed by atoms with Crippen molar-refractivity contribution in [2.75, 3.05) is 19.8 Å². The normalized spacial score (nSPS) is 29.5. The summed E-state index contributed by atoms with van der Waals surface area (Å²) in [5.41, 5.74) is 0. The lowest BCUT2D eigenvalue weighted by molar-refractivity contribution is -0.122. The van der Waals surface area contributed by atoms with E-state index >= 15 is 0 Å². The highest BCUT2D eigenvalue weighted by molar-refractivity contribution is 5.75. The zero-order valence-electron chi connectivity index (χ0n) is 9.74. The lowest BCUT2D eigenvalue weighted by atomic mass is 10.1. The molecule has 92 valence electrons. The lowest BCUT2D eigenvalue weighted by Crippen LogP contribution is -2.32. The molecule has 16 heavy (non-hydrogen) atoms. The summed E-state index contributed by atoms with van der Waals surface area (Å²) in [6.07, 6.45) is 6.44. The maximum atomic E-state index is 11.5. The predicted octanol–water partition coefficient (Wildman–Crippen LogP) is 1.24. The van der Waals surface area contributed by atoms with Crippen molar-refractivity contribution in [1.82, 2.24) is 5.32 Å². The van der Waals surface area contributed by atoms with E-state index in [4.69, 9.17) is 9.47 Å². The standard InChI is InChI=1S/C12H21NO3/c14-12(6-5-10-3-1-7-15-10)13-9-11-4-2-8-16-11/h10-11H,1-9H2,(H,13,14)/t10-,11+/m0/s1. The number of amides is 1. The molecule has 2 saturated heterocycles. The Balaban J connectivity index is 1.53. The molecule has 2 heterocycles. The molecule has 2 atom stereocenters. The molecular weight excluding hydrogens is 206 g/mol. The van der Waals surface area contributed by atoms with Crippen molar-refractivity contribution < 1.29 is 14.3 Å². The van der Waals surface area contributed by atoms with Crippen molar-refractivity contribution in [2.24, 2.45) is 0 Å². The summed E-state index contributed by atoms with van der Waals surface area (Å²) in [6.45, 7) is 2.38. The fraction of sp³-hybridized carbons (Fsp3) is 0.917. The Hall–Kier alpha value is -0.610. The fourth-order valence-corrected chi connectivity index (χ4v) is 2.29. The van der Waals surface area contributed by atoms with Gasteiger partial charge in [-0.25, -0.2) is 0 Å². The van der Waals surface area contributed by atoms with E-state index in [0.717, 1.165) is 45.3 Å². The summed E-state index contributed by atoms with van der Waals surface area (Å²) in [4.78, 5) is 11.5. The first-order chi connectivity index (χ1) is 7.84. The Kier molecular flexibility index (Phi) is 4.60. The summed E-state index contributed by atoms with van der Waals surface area (Å²) in [7, 11) is 0. The lowest BCUT2D eigenvalue weighted by Gasteiger charge is -2.12. The molecule has 4 heteroatoms. The minimum Gasteiger partial charge on any atom is -0.378 e. The highest BCUT2D eigenvalue weighted by atomic mass is 16.5. The Morgan fingerprint density at radius 3 is 2.44 bits per heavy atom. The molecule has 2 aliphatic rings. The van der Waals surface area contributed by atoms with E-state index < -0.39 is 0 Å². The SMILES string of the molecule is O=C(CC[C@@H]1CCCO1)NC[C@H]1CCCO1. The largest absolute Gasteiger partial charge is 0.378 e. The van der Waals surface area contributed by atoms with Gasteiger partial charge in [0, 0.05) is 26.2 Å². The fourth-order valence-electron chi connectivity index (χ4n) is 2.29. The molecule has 4 nitrogen and oxygen atoms in total. The number of carbonyl (C=O) groups is 1. The molecule has 0 aromatic carbocycles. The number of carbonyl (C=O) groups excluding carboxylic acids is 1. The number of hydrogen-bond donors (Lipinski definition) is 1. The van der Waals surface area contributed by atoms with Gasteiger partial charge >= 0.3 is 0 Å². The third-order valence-electron chi connectivity index (χ3n) is 3.27. The van der Waals surface area contributed by atoms with Crippen molar-refractivity contribution in [3.8, 4) is 0 Å². The van der Waals surface area contributed by atoms with E-state index in [1.807, 2.05) is 0 Å². The van der Waals surface area contributed by atoms with Gasteiger partial charge in [0.15, 0.2) is 0 Å². The molecular formula is C12H21NO3. The summed E-state index contributed by atoms with van der Waals surface area (Å²) < 4.78 is 10.9. The van der Waals surface area contributed by atoms with E-state index in [0.29, 0.717) is 19.1 Å². The van der Waals surface area contributed by atoms with Crippen LogP contribution in [0.25, 0.3) is 0 Å². The van der Waals surface area contributed by atoms with E-state index in [1.54, 1.807) is 0 Å². The molecule has 0 aliphatic carbocycles. The van der Waals surface area contributed by atoms with Gasteiger partial charge in [0.25, 0.3) is 0 Å². The third-order valence-corrected chi connectivity index (χ3v) is 3.27. The highest BCUT2D eigenvalue weighted by Gasteiger charge is 2.18. The summed E-state index contributed by atoms with van der Waals surface area (Å²) in [5.74, 6) is 0.131. The van der Waals surface area contributed by atoms with Crippen molar-refractivity contribution in [1.29, 1.82) is 0 Å². The average Bonchev–Trinajstić information content (AvgIpc) is 2.96. The van der Waals surface area contributed by atoms with Crippen LogP contribution in [0.1, 0.15) is 38.5 Å². The van der Waals surface area contributed by atoms with Crippen molar-refractivity contribution in [2.45, 2.75) is 50.7 Å². The van der Waals surface area contributed by atoms with Crippen LogP contribution in [0.5, 0.6) is 0 Å². The predicted molar refractivity (Wildman–Crippen MR) is 60.2 cm³/mol. The van der Waals surface area contributed by atoms with Gasteiger partial charge in [0.05, 0.1) is 12.2 Å². The molecule has 0 bridgehead atoms. The minimum atomic E-state index is 0.131. The Morgan fingerprint density at radius 1 is 1.12 bits per heavy atom. The first-order valence-electron chi connectivity index (χ1n) is 6.34. The van der Waals surface area contributed by atoms with Crippen LogP contribution < -0.4 is 5.32 Å². The summed E-state index contributed by atoms with van der Waals surface area (Å²) in [5, 5.41) is 2.93. The van der Waals surface area contributed by atoms with Crippen LogP contribution >= 0.6 is 0 Å². The monoisotopic (exact) mass is 227 g/mol. The Bertz CT molecular complexity index is 198. The second kappa shape index (κ2) is 6.21. The van der Waals surface area contributed by atoms with E-state index in [9.17, 15) is 4.79 Å². The van der Waals surface area contributed by atoms with Gasteiger partial charge in [-0.1, -0.05) is 0 Å². The minimum absolute atomic E-state index is 0.131. The van der Waals surface area contributed by atoms with Gasteiger partial charge in [-0.05, 0) is 32.1 Å². The molecule has 0 saturated carbocycles. The molecule has 0 spiro atoms. The second-order valence-corrected chi connectivity index (χ2v) is 4.61. The van der Waals surface area contributed by atoms with Gasteiger partial charge in [-0.3, -0.25) is 4.79 Å². The quantitative estimate of drug-likeness (QED) is 0.768. The first kappa shape index (κ1) is 11.9.